The van der Waals surface area contributed by atoms with Crippen molar-refractivity contribution in [2.24, 2.45) is 0 Å². The molecule has 2 aromatic rings. The van der Waals surface area contributed by atoms with E-state index in [-0.39, 0.29) is 17.9 Å². The van der Waals surface area contributed by atoms with Crippen molar-refractivity contribution in [1.82, 2.24) is 5.32 Å². The van der Waals surface area contributed by atoms with Gasteiger partial charge in [-0.05, 0) is 43.7 Å². The normalized spacial score (nSPS) is 13.6. The highest BCUT2D eigenvalue weighted by Crippen LogP contribution is 2.19. The molecule has 0 bridgehead atoms. The molecule has 0 aliphatic carbocycles. The van der Waals surface area contributed by atoms with Crippen LogP contribution in [0.15, 0.2) is 34.7 Å². The van der Waals surface area contributed by atoms with Gasteiger partial charge < -0.3 is 14.8 Å². The molecular formula is C17H19F2NO3. The lowest BCUT2D eigenvalue weighted by Gasteiger charge is -2.20. The molecule has 4 nitrogen and oxygen atoms in total. The highest BCUT2D eigenvalue weighted by Gasteiger charge is 2.19. The zero-order valence-electron chi connectivity index (χ0n) is 13.0. The van der Waals surface area contributed by atoms with E-state index in [4.69, 9.17) is 4.42 Å². The summed E-state index contributed by atoms with van der Waals surface area (Å²) in [5.74, 6) is -0.776. The number of hydrogen-bond acceptors (Lipinski definition) is 3. The van der Waals surface area contributed by atoms with Gasteiger partial charge in [0.15, 0.2) is 11.6 Å². The van der Waals surface area contributed by atoms with Gasteiger partial charge in [0.05, 0.1) is 12.1 Å². The van der Waals surface area contributed by atoms with Crippen LogP contribution in [0.3, 0.4) is 0 Å². The summed E-state index contributed by atoms with van der Waals surface area (Å²) in [6, 6.07) is 6.16. The summed E-state index contributed by atoms with van der Waals surface area (Å²) in [5, 5.41) is 12.8. The monoisotopic (exact) mass is 323 g/mol. The van der Waals surface area contributed by atoms with E-state index in [2.05, 4.69) is 5.32 Å². The summed E-state index contributed by atoms with van der Waals surface area (Å²) >= 11 is 0. The lowest BCUT2D eigenvalue weighted by molar-refractivity contribution is -0.122. The average molecular weight is 323 g/mol. The van der Waals surface area contributed by atoms with Crippen molar-refractivity contribution in [3.63, 3.8) is 0 Å². The highest BCUT2D eigenvalue weighted by molar-refractivity contribution is 5.76. The van der Waals surface area contributed by atoms with Gasteiger partial charge in [0.25, 0.3) is 0 Å². The molecule has 1 amide bonds. The van der Waals surface area contributed by atoms with E-state index in [9.17, 15) is 18.7 Å². The summed E-state index contributed by atoms with van der Waals surface area (Å²) in [6.45, 7) is 3.42. The first-order chi connectivity index (χ1) is 10.9. The number of aryl methyl sites for hydroxylation is 2. The molecule has 6 heteroatoms. The van der Waals surface area contributed by atoms with E-state index in [0.717, 1.165) is 17.9 Å². The van der Waals surface area contributed by atoms with Gasteiger partial charge in [0.2, 0.25) is 5.91 Å². The lowest BCUT2D eigenvalue weighted by Crippen LogP contribution is -2.37. The lowest BCUT2D eigenvalue weighted by atomic mass is 10.0. The Bertz CT molecular complexity index is 684. The van der Waals surface area contributed by atoms with Crippen LogP contribution < -0.4 is 5.32 Å². The number of carbonyl (C=O) groups excluding carboxylic acids is 1. The number of aliphatic hydroxyl groups excluding tert-OH is 1. The Morgan fingerprint density at radius 1 is 1.26 bits per heavy atom. The first-order valence-corrected chi connectivity index (χ1v) is 7.34. The van der Waals surface area contributed by atoms with Crippen LogP contribution in [0.4, 0.5) is 8.78 Å². The first kappa shape index (κ1) is 17.1. The molecular weight excluding hydrogens is 304 g/mol. The highest BCUT2D eigenvalue weighted by atomic mass is 19.2. The van der Waals surface area contributed by atoms with Crippen LogP contribution in [-0.4, -0.2) is 17.1 Å². The largest absolute Gasteiger partial charge is 0.466 e. The van der Waals surface area contributed by atoms with Gasteiger partial charge in [-0.1, -0.05) is 6.07 Å². The van der Waals surface area contributed by atoms with Crippen LogP contribution in [0.5, 0.6) is 0 Å². The zero-order valence-corrected chi connectivity index (χ0v) is 13.0. The van der Waals surface area contributed by atoms with Gasteiger partial charge >= 0.3 is 0 Å². The predicted octanol–water partition coefficient (Wildman–Crippen LogP) is 3.04. The number of halogens is 2. The van der Waals surface area contributed by atoms with Crippen LogP contribution >= 0.6 is 0 Å². The minimum Gasteiger partial charge on any atom is -0.466 e. The molecule has 0 saturated carbocycles. The van der Waals surface area contributed by atoms with Crippen molar-refractivity contribution in [2.75, 3.05) is 0 Å². The quantitative estimate of drug-likeness (QED) is 0.859. The Hall–Kier alpha value is -2.21. The van der Waals surface area contributed by atoms with Crippen molar-refractivity contribution >= 4 is 5.91 Å². The Morgan fingerprint density at radius 3 is 2.61 bits per heavy atom. The second kappa shape index (κ2) is 7.37. The van der Waals surface area contributed by atoms with E-state index >= 15 is 0 Å². The summed E-state index contributed by atoms with van der Waals surface area (Å²) in [7, 11) is 0. The number of nitrogens with one attached hydrogen (secondary N) is 1. The Kier molecular flexibility index (Phi) is 5.50. The number of rotatable bonds is 6. The second-order valence-corrected chi connectivity index (χ2v) is 5.49. The molecule has 1 heterocycles. The first-order valence-electron chi connectivity index (χ1n) is 7.34. The van der Waals surface area contributed by atoms with Gasteiger partial charge in [-0.25, -0.2) is 8.78 Å². The standard InChI is InChI=1S/C17H19F2NO3/c1-10-3-5-13(23-10)6-8-16(21)20-11(2)17(22)12-4-7-14(18)15(19)9-12/h3-5,7,9,11,17,22H,6,8H2,1-2H3,(H,20,21). The van der Waals surface area contributed by atoms with Crippen LogP contribution in [0.25, 0.3) is 0 Å². The molecule has 0 saturated heterocycles. The topological polar surface area (TPSA) is 62.5 Å². The minimum atomic E-state index is -1.13. The van der Waals surface area contributed by atoms with Gasteiger partial charge in [-0.15, -0.1) is 0 Å². The Balaban J connectivity index is 1.88. The summed E-state index contributed by atoms with van der Waals surface area (Å²) in [5.41, 5.74) is 0.207. The molecule has 2 atom stereocenters. The van der Waals surface area contributed by atoms with Gasteiger partial charge in [0, 0.05) is 12.8 Å². The van der Waals surface area contributed by atoms with Crippen LogP contribution in [0.2, 0.25) is 0 Å². The number of aliphatic hydroxyl groups is 1. The van der Waals surface area contributed by atoms with Gasteiger partial charge in [-0.3, -0.25) is 4.79 Å². The molecule has 0 aliphatic heterocycles. The summed E-state index contributed by atoms with van der Waals surface area (Å²) in [4.78, 5) is 11.9. The number of amides is 1. The van der Waals surface area contributed by atoms with Crippen molar-refractivity contribution < 1.29 is 23.1 Å². The van der Waals surface area contributed by atoms with Gasteiger partial charge in [0.1, 0.15) is 11.5 Å². The SMILES string of the molecule is Cc1ccc(CCC(=O)NC(C)C(O)c2ccc(F)c(F)c2)o1. The number of carbonyl (C=O) groups is 1. The molecule has 1 aromatic carbocycles. The molecule has 0 fully saturated rings. The third-order valence-corrected chi connectivity index (χ3v) is 3.54. The fraction of sp³-hybridized carbons (Fsp3) is 0.353. The number of furan rings is 1. The fourth-order valence-corrected chi connectivity index (χ4v) is 2.25. The van der Waals surface area contributed by atoms with E-state index in [1.165, 1.54) is 6.07 Å². The Labute approximate surface area is 133 Å². The fourth-order valence-electron chi connectivity index (χ4n) is 2.25. The molecule has 23 heavy (non-hydrogen) atoms. The molecule has 1 aromatic heterocycles. The van der Waals surface area contributed by atoms with Crippen LogP contribution in [0, 0.1) is 18.6 Å². The van der Waals surface area contributed by atoms with E-state index in [1.54, 1.807) is 6.92 Å². The summed E-state index contributed by atoms with van der Waals surface area (Å²) < 4.78 is 31.5. The molecule has 0 aliphatic rings. The maximum absolute atomic E-state index is 13.2. The molecule has 2 unspecified atom stereocenters. The minimum absolute atomic E-state index is 0.207. The molecule has 2 N–H and O–H groups in total. The van der Waals surface area contributed by atoms with Crippen LogP contribution in [-0.2, 0) is 11.2 Å². The van der Waals surface area contributed by atoms with Crippen molar-refractivity contribution in [2.45, 2.75) is 38.8 Å². The summed E-state index contributed by atoms with van der Waals surface area (Å²) in [6.07, 6.45) is -0.463. The van der Waals surface area contributed by atoms with Crippen molar-refractivity contribution in [1.29, 1.82) is 0 Å². The zero-order chi connectivity index (χ0) is 17.0. The van der Waals surface area contributed by atoms with Crippen molar-refractivity contribution in [3.05, 3.63) is 59.1 Å². The van der Waals surface area contributed by atoms with Crippen LogP contribution in [0.1, 0.15) is 36.5 Å². The third-order valence-electron chi connectivity index (χ3n) is 3.54. The van der Waals surface area contributed by atoms with E-state index in [1.807, 2.05) is 19.1 Å². The molecule has 0 spiro atoms. The number of hydrogen-bond donors (Lipinski definition) is 2. The maximum Gasteiger partial charge on any atom is 0.220 e. The second-order valence-electron chi connectivity index (χ2n) is 5.49. The van der Waals surface area contributed by atoms with Gasteiger partial charge in [-0.2, -0.15) is 0 Å². The third kappa shape index (κ3) is 4.63. The Morgan fingerprint density at radius 2 is 2.00 bits per heavy atom. The average Bonchev–Trinajstić information content (AvgIpc) is 2.93. The molecule has 2 rings (SSSR count). The molecule has 124 valence electrons. The van der Waals surface area contributed by atoms with Crippen molar-refractivity contribution in [3.8, 4) is 0 Å². The maximum atomic E-state index is 13.2. The van der Waals surface area contributed by atoms with E-state index < -0.39 is 23.8 Å². The molecule has 0 radical (unpaired) electrons. The predicted molar refractivity (Wildman–Crippen MR) is 80.7 cm³/mol. The number of benzene rings is 1. The van der Waals surface area contributed by atoms with E-state index in [0.29, 0.717) is 12.2 Å². The smallest absolute Gasteiger partial charge is 0.220 e.